The molecule has 1 atom stereocenters. The van der Waals surface area contributed by atoms with Crippen LogP contribution in [0.25, 0.3) is 0 Å². The van der Waals surface area contributed by atoms with E-state index in [1.807, 2.05) is 14.1 Å². The number of carbonyl (C=O) groups is 1. The van der Waals surface area contributed by atoms with Crippen molar-refractivity contribution >= 4 is 5.91 Å². The van der Waals surface area contributed by atoms with Gasteiger partial charge in [-0.15, -0.1) is 0 Å². The van der Waals surface area contributed by atoms with Gasteiger partial charge in [-0.25, -0.2) is 0 Å². The van der Waals surface area contributed by atoms with E-state index in [4.69, 9.17) is 9.47 Å². The quantitative estimate of drug-likeness (QED) is 0.788. The largest absolute Gasteiger partial charge is 0.493 e. The Labute approximate surface area is 155 Å². The lowest BCUT2D eigenvalue weighted by atomic mass is 10.0. The van der Waals surface area contributed by atoms with Gasteiger partial charge in [0.25, 0.3) is 5.91 Å². The first-order valence-corrected chi connectivity index (χ1v) is 8.76. The van der Waals surface area contributed by atoms with Crippen molar-refractivity contribution < 1.29 is 14.3 Å². The molecule has 0 aliphatic rings. The average molecular weight is 356 g/mol. The minimum Gasteiger partial charge on any atom is -0.493 e. The highest BCUT2D eigenvalue weighted by Crippen LogP contribution is 2.30. The molecule has 26 heavy (non-hydrogen) atoms. The fourth-order valence-corrected chi connectivity index (χ4v) is 2.92. The third kappa shape index (κ3) is 4.55. The second kappa shape index (κ2) is 9.25. The number of hydrogen-bond acceptors (Lipinski definition) is 4. The maximum absolute atomic E-state index is 12.7. The summed E-state index contributed by atoms with van der Waals surface area (Å²) in [7, 11) is 7.11. The zero-order chi connectivity index (χ0) is 19.1. The highest BCUT2D eigenvalue weighted by molar-refractivity contribution is 5.97. The van der Waals surface area contributed by atoms with E-state index in [1.54, 1.807) is 25.3 Å². The van der Waals surface area contributed by atoms with Crippen molar-refractivity contribution in [3.8, 4) is 11.5 Å². The molecule has 1 N–H and O–H groups in total. The van der Waals surface area contributed by atoms with Gasteiger partial charge in [0.1, 0.15) is 0 Å². The van der Waals surface area contributed by atoms with E-state index in [2.05, 4.69) is 41.4 Å². The molecular weight excluding hydrogens is 328 g/mol. The van der Waals surface area contributed by atoms with Gasteiger partial charge >= 0.3 is 0 Å². The van der Waals surface area contributed by atoms with Gasteiger partial charge < -0.3 is 19.7 Å². The van der Waals surface area contributed by atoms with Crippen LogP contribution in [0.3, 0.4) is 0 Å². The van der Waals surface area contributed by atoms with E-state index in [0.29, 0.717) is 23.6 Å². The van der Waals surface area contributed by atoms with E-state index < -0.39 is 0 Å². The Kier molecular flexibility index (Phi) is 7.04. The van der Waals surface area contributed by atoms with Crippen molar-refractivity contribution in [2.45, 2.75) is 19.4 Å². The molecule has 140 valence electrons. The topological polar surface area (TPSA) is 50.8 Å². The van der Waals surface area contributed by atoms with Crippen molar-refractivity contribution in [2.24, 2.45) is 0 Å². The van der Waals surface area contributed by atoms with Gasteiger partial charge in [-0.3, -0.25) is 4.79 Å². The summed E-state index contributed by atoms with van der Waals surface area (Å²) in [6, 6.07) is 13.9. The number of aryl methyl sites for hydroxylation is 1. The van der Waals surface area contributed by atoms with Crippen molar-refractivity contribution in [3.05, 3.63) is 59.2 Å². The van der Waals surface area contributed by atoms with E-state index in [9.17, 15) is 4.79 Å². The lowest BCUT2D eigenvalue weighted by Gasteiger charge is -2.25. The van der Waals surface area contributed by atoms with Gasteiger partial charge in [-0.1, -0.05) is 37.3 Å². The average Bonchev–Trinajstić information content (AvgIpc) is 2.67. The van der Waals surface area contributed by atoms with Crippen LogP contribution in [-0.2, 0) is 6.42 Å². The first kappa shape index (κ1) is 19.8. The number of benzene rings is 2. The Balaban J connectivity index is 2.15. The summed E-state index contributed by atoms with van der Waals surface area (Å²) in [6.07, 6.45) is 1.01. The SMILES string of the molecule is CCc1ccc([C@H](CNC(=O)c2cccc(OC)c2OC)N(C)C)cc1. The van der Waals surface area contributed by atoms with Crippen LogP contribution >= 0.6 is 0 Å². The minimum absolute atomic E-state index is 0.0847. The Morgan fingerprint density at radius 3 is 2.31 bits per heavy atom. The number of nitrogens with zero attached hydrogens (tertiary/aromatic N) is 1. The van der Waals surface area contributed by atoms with Gasteiger partial charge in [0, 0.05) is 6.54 Å². The molecule has 0 heterocycles. The Bertz CT molecular complexity index is 727. The Morgan fingerprint density at radius 1 is 1.08 bits per heavy atom. The Hall–Kier alpha value is -2.53. The van der Waals surface area contributed by atoms with Gasteiger partial charge in [-0.2, -0.15) is 0 Å². The van der Waals surface area contributed by atoms with Crippen molar-refractivity contribution in [3.63, 3.8) is 0 Å². The van der Waals surface area contributed by atoms with Crippen molar-refractivity contribution in [1.29, 1.82) is 0 Å². The van der Waals surface area contributed by atoms with E-state index in [-0.39, 0.29) is 11.9 Å². The molecule has 0 aromatic heterocycles. The third-order valence-corrected chi connectivity index (χ3v) is 4.50. The number of likely N-dealkylation sites (N-methyl/N-ethyl adjacent to an activating group) is 1. The molecule has 0 unspecified atom stereocenters. The summed E-state index contributed by atoms with van der Waals surface area (Å²) in [5.74, 6) is 0.804. The fourth-order valence-electron chi connectivity index (χ4n) is 2.92. The van der Waals surface area contributed by atoms with Crippen LogP contribution in [0.4, 0.5) is 0 Å². The Morgan fingerprint density at radius 2 is 1.77 bits per heavy atom. The van der Waals surface area contributed by atoms with Crippen LogP contribution in [0.5, 0.6) is 11.5 Å². The van der Waals surface area contributed by atoms with E-state index in [1.165, 1.54) is 18.2 Å². The van der Waals surface area contributed by atoms with Crippen LogP contribution in [0, 0.1) is 0 Å². The summed E-state index contributed by atoms with van der Waals surface area (Å²) in [4.78, 5) is 14.8. The number of rotatable bonds is 8. The van der Waals surface area contributed by atoms with E-state index in [0.717, 1.165) is 6.42 Å². The lowest BCUT2D eigenvalue weighted by Crippen LogP contribution is -2.34. The van der Waals surface area contributed by atoms with Crippen LogP contribution in [0.2, 0.25) is 0 Å². The number of nitrogens with one attached hydrogen (secondary N) is 1. The summed E-state index contributed by atoms with van der Waals surface area (Å²) in [5, 5.41) is 3.02. The second-order valence-electron chi connectivity index (χ2n) is 6.33. The molecule has 2 aromatic rings. The number of hydrogen-bond donors (Lipinski definition) is 1. The molecule has 0 radical (unpaired) electrons. The van der Waals surface area contributed by atoms with E-state index >= 15 is 0 Å². The standard InChI is InChI=1S/C21H28N2O3/c1-6-15-10-12-16(13-11-15)18(23(2)3)14-22-21(24)17-8-7-9-19(25-4)20(17)26-5/h7-13,18H,6,14H2,1-5H3,(H,22,24)/t18-/m0/s1. The van der Waals surface area contributed by atoms with Crippen molar-refractivity contribution in [2.75, 3.05) is 34.9 Å². The molecule has 2 rings (SSSR count). The lowest BCUT2D eigenvalue weighted by molar-refractivity contribution is 0.0938. The zero-order valence-corrected chi connectivity index (χ0v) is 16.2. The maximum Gasteiger partial charge on any atom is 0.255 e. The van der Waals surface area contributed by atoms with Gasteiger partial charge in [0.05, 0.1) is 25.8 Å². The number of amides is 1. The molecule has 0 fully saturated rings. The predicted molar refractivity (Wildman–Crippen MR) is 104 cm³/mol. The summed E-state index contributed by atoms with van der Waals surface area (Å²) in [6.45, 7) is 2.64. The highest BCUT2D eigenvalue weighted by Gasteiger charge is 2.19. The molecule has 0 bridgehead atoms. The highest BCUT2D eigenvalue weighted by atomic mass is 16.5. The number of para-hydroxylation sites is 1. The normalized spacial score (nSPS) is 11.9. The fraction of sp³-hybridized carbons (Fsp3) is 0.381. The molecule has 0 aliphatic heterocycles. The van der Waals surface area contributed by atoms with Gasteiger partial charge in [0.2, 0.25) is 0 Å². The minimum atomic E-state index is -0.183. The molecule has 1 amide bonds. The summed E-state index contributed by atoms with van der Waals surface area (Å²) in [5.41, 5.74) is 2.94. The monoisotopic (exact) mass is 356 g/mol. The van der Waals surface area contributed by atoms with Gasteiger partial charge in [-0.05, 0) is 43.8 Å². The molecule has 2 aromatic carbocycles. The smallest absolute Gasteiger partial charge is 0.255 e. The number of methoxy groups -OCH3 is 2. The van der Waals surface area contributed by atoms with Crippen LogP contribution < -0.4 is 14.8 Å². The third-order valence-electron chi connectivity index (χ3n) is 4.50. The van der Waals surface area contributed by atoms with Crippen LogP contribution in [0.1, 0.15) is 34.5 Å². The first-order chi connectivity index (χ1) is 12.5. The molecule has 0 spiro atoms. The number of ether oxygens (including phenoxy) is 2. The molecule has 5 nitrogen and oxygen atoms in total. The predicted octanol–water partition coefficient (Wildman–Crippen LogP) is 3.30. The molecule has 5 heteroatoms. The molecule has 0 aliphatic carbocycles. The number of carbonyl (C=O) groups excluding carboxylic acids is 1. The zero-order valence-electron chi connectivity index (χ0n) is 16.2. The molecule has 0 saturated heterocycles. The summed E-state index contributed by atoms with van der Waals surface area (Å²) < 4.78 is 10.6. The summed E-state index contributed by atoms with van der Waals surface area (Å²) >= 11 is 0. The van der Waals surface area contributed by atoms with Crippen molar-refractivity contribution in [1.82, 2.24) is 10.2 Å². The van der Waals surface area contributed by atoms with Crippen LogP contribution in [0.15, 0.2) is 42.5 Å². The van der Waals surface area contributed by atoms with Crippen LogP contribution in [-0.4, -0.2) is 45.7 Å². The molecule has 0 saturated carbocycles. The first-order valence-electron chi connectivity index (χ1n) is 8.76. The second-order valence-corrected chi connectivity index (χ2v) is 6.33. The van der Waals surface area contributed by atoms with Gasteiger partial charge in [0.15, 0.2) is 11.5 Å². The molecular formula is C21H28N2O3. The maximum atomic E-state index is 12.7.